The number of nitrogens with zero attached hydrogens (tertiary/aromatic N) is 4. The van der Waals surface area contributed by atoms with E-state index in [1.165, 1.54) is 5.56 Å². The van der Waals surface area contributed by atoms with Crippen LogP contribution in [0, 0.1) is 13.8 Å². The van der Waals surface area contributed by atoms with Crippen LogP contribution in [0.15, 0.2) is 35.4 Å². The monoisotopic (exact) mass is 348 g/mol. The summed E-state index contributed by atoms with van der Waals surface area (Å²) >= 11 is 0. The van der Waals surface area contributed by atoms with Crippen LogP contribution in [0.2, 0.25) is 0 Å². The number of rotatable bonds is 4. The fraction of sp³-hybridized carbons (Fsp3) is 0.471. The summed E-state index contributed by atoms with van der Waals surface area (Å²) in [4.78, 5) is 2.66. The Morgan fingerprint density at radius 1 is 1.04 bits per heavy atom. The van der Waals surface area contributed by atoms with Crippen LogP contribution in [0.5, 0.6) is 0 Å². The van der Waals surface area contributed by atoms with Gasteiger partial charge in [0.2, 0.25) is 10.0 Å². The van der Waals surface area contributed by atoms with Crippen molar-refractivity contribution in [3.05, 3.63) is 47.3 Å². The minimum Gasteiger partial charge on any atom is -0.296 e. The van der Waals surface area contributed by atoms with Crippen molar-refractivity contribution in [2.24, 2.45) is 7.05 Å². The van der Waals surface area contributed by atoms with Gasteiger partial charge in [-0.15, -0.1) is 0 Å². The molecule has 1 aromatic carbocycles. The fourth-order valence-corrected chi connectivity index (χ4v) is 4.35. The Morgan fingerprint density at radius 3 is 2.21 bits per heavy atom. The maximum absolute atomic E-state index is 12.7. The second-order valence-corrected chi connectivity index (χ2v) is 8.31. The second-order valence-electron chi connectivity index (χ2n) is 6.37. The maximum Gasteiger partial charge on any atom is 0.243 e. The maximum atomic E-state index is 12.7. The number of hydrogen-bond donors (Lipinski definition) is 0. The first kappa shape index (κ1) is 17.1. The smallest absolute Gasteiger partial charge is 0.243 e. The molecule has 0 atom stereocenters. The zero-order valence-electron chi connectivity index (χ0n) is 14.4. The molecule has 1 aliphatic heterocycles. The highest BCUT2D eigenvalue weighted by molar-refractivity contribution is 7.89. The zero-order valence-corrected chi connectivity index (χ0v) is 15.3. The third kappa shape index (κ3) is 3.38. The fourth-order valence-electron chi connectivity index (χ4n) is 2.93. The first-order valence-electron chi connectivity index (χ1n) is 8.14. The number of aryl methyl sites for hydroxylation is 2. The van der Waals surface area contributed by atoms with Gasteiger partial charge in [0.1, 0.15) is 0 Å². The molecule has 0 spiro atoms. The summed E-state index contributed by atoms with van der Waals surface area (Å²) in [5.74, 6) is 0. The van der Waals surface area contributed by atoms with Gasteiger partial charge in [-0.3, -0.25) is 9.58 Å². The van der Waals surface area contributed by atoms with E-state index in [4.69, 9.17) is 0 Å². The molecule has 7 heteroatoms. The van der Waals surface area contributed by atoms with Gasteiger partial charge in [-0.2, -0.15) is 9.40 Å². The molecule has 0 N–H and O–H groups in total. The second kappa shape index (κ2) is 6.66. The molecule has 3 rings (SSSR count). The van der Waals surface area contributed by atoms with Crippen LogP contribution in [0.3, 0.4) is 0 Å². The van der Waals surface area contributed by atoms with Crippen molar-refractivity contribution < 1.29 is 8.42 Å². The van der Waals surface area contributed by atoms with E-state index in [1.54, 1.807) is 16.4 Å². The average molecular weight is 348 g/mol. The van der Waals surface area contributed by atoms with E-state index in [9.17, 15) is 8.42 Å². The number of benzene rings is 1. The van der Waals surface area contributed by atoms with E-state index < -0.39 is 10.0 Å². The SMILES string of the molecule is Cc1ccc(S(=O)(=O)N2CCN(Cc3cnn(C)c3C)CC2)cc1. The van der Waals surface area contributed by atoms with Crippen LogP contribution in [0.1, 0.15) is 16.8 Å². The third-order valence-electron chi connectivity index (χ3n) is 4.72. The number of sulfonamides is 1. The average Bonchev–Trinajstić information content (AvgIpc) is 2.88. The summed E-state index contributed by atoms with van der Waals surface area (Å²) in [6.45, 7) is 7.35. The molecule has 0 radical (unpaired) electrons. The van der Waals surface area contributed by atoms with Crippen LogP contribution in [-0.2, 0) is 23.6 Å². The molecule has 6 nitrogen and oxygen atoms in total. The molecule has 130 valence electrons. The predicted octanol–water partition coefficient (Wildman–Crippen LogP) is 1.54. The van der Waals surface area contributed by atoms with Gasteiger partial charge in [-0.05, 0) is 26.0 Å². The van der Waals surface area contributed by atoms with E-state index in [0.29, 0.717) is 18.0 Å². The Hall–Kier alpha value is -1.70. The van der Waals surface area contributed by atoms with Crippen LogP contribution in [-0.4, -0.2) is 53.6 Å². The van der Waals surface area contributed by atoms with Gasteiger partial charge >= 0.3 is 0 Å². The Kier molecular flexibility index (Phi) is 4.76. The third-order valence-corrected chi connectivity index (χ3v) is 6.63. The lowest BCUT2D eigenvalue weighted by Crippen LogP contribution is -2.48. The number of aromatic nitrogens is 2. The first-order valence-corrected chi connectivity index (χ1v) is 9.58. The molecular formula is C17H24N4O2S. The summed E-state index contributed by atoms with van der Waals surface area (Å²) in [5.41, 5.74) is 3.42. The van der Waals surface area contributed by atoms with Gasteiger partial charge in [-0.25, -0.2) is 8.42 Å². The minimum absolute atomic E-state index is 0.379. The molecule has 0 saturated carbocycles. The van der Waals surface area contributed by atoms with Crippen molar-refractivity contribution in [3.8, 4) is 0 Å². The van der Waals surface area contributed by atoms with Crippen LogP contribution < -0.4 is 0 Å². The van der Waals surface area contributed by atoms with Crippen molar-refractivity contribution >= 4 is 10.0 Å². The Balaban J connectivity index is 1.64. The van der Waals surface area contributed by atoms with Gasteiger partial charge in [0, 0.05) is 51.0 Å². The summed E-state index contributed by atoms with van der Waals surface area (Å²) in [5, 5.41) is 4.27. The van der Waals surface area contributed by atoms with Crippen molar-refractivity contribution in [2.75, 3.05) is 26.2 Å². The van der Waals surface area contributed by atoms with E-state index in [2.05, 4.69) is 16.9 Å². The molecule has 0 bridgehead atoms. The predicted molar refractivity (Wildman–Crippen MR) is 93.2 cm³/mol. The molecule has 1 saturated heterocycles. The molecule has 24 heavy (non-hydrogen) atoms. The summed E-state index contributed by atoms with van der Waals surface area (Å²) in [6, 6.07) is 7.06. The molecule has 2 heterocycles. The Bertz CT molecular complexity index is 804. The summed E-state index contributed by atoms with van der Waals surface area (Å²) < 4.78 is 28.9. The van der Waals surface area contributed by atoms with E-state index in [1.807, 2.05) is 37.0 Å². The van der Waals surface area contributed by atoms with Crippen LogP contribution >= 0.6 is 0 Å². The zero-order chi connectivity index (χ0) is 17.3. The first-order chi connectivity index (χ1) is 11.4. The lowest BCUT2D eigenvalue weighted by molar-refractivity contribution is 0.181. The summed E-state index contributed by atoms with van der Waals surface area (Å²) in [6.07, 6.45) is 1.89. The Morgan fingerprint density at radius 2 is 1.67 bits per heavy atom. The van der Waals surface area contributed by atoms with E-state index in [0.717, 1.165) is 30.9 Å². The van der Waals surface area contributed by atoms with Crippen molar-refractivity contribution in [2.45, 2.75) is 25.3 Å². The Labute approximate surface area is 143 Å². The molecule has 1 aromatic heterocycles. The van der Waals surface area contributed by atoms with Gasteiger partial charge in [0.05, 0.1) is 11.1 Å². The molecule has 2 aromatic rings. The summed E-state index contributed by atoms with van der Waals surface area (Å²) in [7, 11) is -1.45. The number of hydrogen-bond acceptors (Lipinski definition) is 4. The molecule has 1 aliphatic rings. The van der Waals surface area contributed by atoms with Crippen molar-refractivity contribution in [3.63, 3.8) is 0 Å². The standard InChI is InChI=1S/C17H24N4O2S/c1-14-4-6-17(7-5-14)24(22,23)21-10-8-20(9-11-21)13-16-12-18-19(3)15(16)2/h4-7,12H,8-11,13H2,1-3H3. The van der Waals surface area contributed by atoms with Crippen molar-refractivity contribution in [1.29, 1.82) is 0 Å². The van der Waals surface area contributed by atoms with E-state index >= 15 is 0 Å². The van der Waals surface area contributed by atoms with Gasteiger partial charge < -0.3 is 0 Å². The topological polar surface area (TPSA) is 58.4 Å². The molecule has 0 unspecified atom stereocenters. The molecule has 1 fully saturated rings. The highest BCUT2D eigenvalue weighted by Crippen LogP contribution is 2.19. The normalized spacial score (nSPS) is 17.3. The highest BCUT2D eigenvalue weighted by atomic mass is 32.2. The molecule has 0 amide bonds. The molecular weight excluding hydrogens is 324 g/mol. The van der Waals surface area contributed by atoms with Crippen LogP contribution in [0.4, 0.5) is 0 Å². The number of piperazine rings is 1. The van der Waals surface area contributed by atoms with Gasteiger partial charge in [0.25, 0.3) is 0 Å². The van der Waals surface area contributed by atoms with Gasteiger partial charge in [-0.1, -0.05) is 17.7 Å². The lowest BCUT2D eigenvalue weighted by atomic mass is 10.2. The largest absolute Gasteiger partial charge is 0.296 e. The quantitative estimate of drug-likeness (QED) is 0.841. The van der Waals surface area contributed by atoms with Crippen molar-refractivity contribution in [1.82, 2.24) is 19.0 Å². The molecule has 0 aliphatic carbocycles. The van der Waals surface area contributed by atoms with Crippen LogP contribution in [0.25, 0.3) is 0 Å². The van der Waals surface area contributed by atoms with Gasteiger partial charge in [0.15, 0.2) is 0 Å². The lowest BCUT2D eigenvalue weighted by Gasteiger charge is -2.33. The highest BCUT2D eigenvalue weighted by Gasteiger charge is 2.28. The minimum atomic E-state index is -3.39. The van der Waals surface area contributed by atoms with E-state index in [-0.39, 0.29) is 0 Å².